The van der Waals surface area contributed by atoms with Crippen LogP contribution < -0.4 is 15.5 Å². The molecule has 3 rings (SSSR count). The fourth-order valence-electron chi connectivity index (χ4n) is 2.81. The Morgan fingerprint density at radius 2 is 1.93 bits per heavy atom. The van der Waals surface area contributed by atoms with Crippen molar-refractivity contribution in [2.45, 2.75) is 18.0 Å². The summed E-state index contributed by atoms with van der Waals surface area (Å²) in [5, 5.41) is 9.39. The summed E-state index contributed by atoms with van der Waals surface area (Å²) in [5.41, 5.74) is 1.46. The number of fused-ring (bicyclic) bond motifs is 1. The monoisotopic (exact) mass is 390 g/mol. The molecule has 0 aliphatic heterocycles. The molecule has 0 fully saturated rings. The normalized spacial score (nSPS) is 11.8. The number of nitrogens with one attached hydrogen (secondary N) is 1. The molecular formula is C17H22N6O3S. The first kappa shape index (κ1) is 19.2. The third-order valence-electron chi connectivity index (χ3n) is 4.10. The van der Waals surface area contributed by atoms with Crippen molar-refractivity contribution in [1.29, 1.82) is 0 Å². The third-order valence-corrected chi connectivity index (χ3v) is 5.56. The Kier molecular flexibility index (Phi) is 5.71. The zero-order valence-electron chi connectivity index (χ0n) is 15.2. The second kappa shape index (κ2) is 8.01. The van der Waals surface area contributed by atoms with Gasteiger partial charge in [0.15, 0.2) is 0 Å². The van der Waals surface area contributed by atoms with Crippen molar-refractivity contribution in [3.63, 3.8) is 0 Å². The minimum Gasteiger partial charge on any atom is -0.377 e. The Morgan fingerprint density at radius 1 is 1.19 bits per heavy atom. The molecule has 0 spiro atoms. The molecule has 0 atom stereocenters. The minimum absolute atomic E-state index is 0.0373. The number of benzene rings is 2. The molecule has 3 N–H and O–H groups in total. The Balaban J connectivity index is 1.85. The summed E-state index contributed by atoms with van der Waals surface area (Å²) in [4.78, 5) is 6.67. The second-order valence-corrected chi connectivity index (χ2v) is 7.93. The van der Waals surface area contributed by atoms with Crippen LogP contribution in [0.4, 0.5) is 5.69 Å². The Labute approximate surface area is 157 Å². The van der Waals surface area contributed by atoms with Crippen molar-refractivity contribution in [2.75, 3.05) is 25.6 Å². The fourth-order valence-corrected chi connectivity index (χ4v) is 4.03. The Morgan fingerprint density at radius 3 is 2.67 bits per heavy atom. The summed E-state index contributed by atoms with van der Waals surface area (Å²) in [6.07, 6.45) is 1.65. The topological polar surface area (TPSA) is 115 Å². The predicted octanol–water partition coefficient (Wildman–Crippen LogP) is 0.866. The zero-order valence-corrected chi connectivity index (χ0v) is 16.0. The van der Waals surface area contributed by atoms with Crippen molar-refractivity contribution >= 4 is 26.5 Å². The summed E-state index contributed by atoms with van der Waals surface area (Å²) in [6, 6.07) is 10.9. The highest BCUT2D eigenvalue weighted by atomic mass is 32.2. The molecule has 0 bridgehead atoms. The molecule has 3 aromatic rings. The van der Waals surface area contributed by atoms with Gasteiger partial charge in [-0.05, 0) is 12.1 Å². The number of sulfonamides is 1. The van der Waals surface area contributed by atoms with Gasteiger partial charge >= 0.3 is 0 Å². The molecule has 0 unspecified atom stereocenters. The molecule has 10 heteroatoms. The van der Waals surface area contributed by atoms with E-state index in [4.69, 9.17) is 5.90 Å². The smallest absolute Gasteiger partial charge is 0.241 e. The van der Waals surface area contributed by atoms with Crippen molar-refractivity contribution in [1.82, 2.24) is 19.7 Å². The van der Waals surface area contributed by atoms with Crippen LogP contribution in [0.2, 0.25) is 0 Å². The molecule has 0 aliphatic rings. The van der Waals surface area contributed by atoms with Crippen LogP contribution in [-0.2, 0) is 28.0 Å². The first-order chi connectivity index (χ1) is 12.9. The van der Waals surface area contributed by atoms with Crippen molar-refractivity contribution in [3.05, 3.63) is 48.3 Å². The fraction of sp³-hybridized carbons (Fsp3) is 0.294. The summed E-state index contributed by atoms with van der Waals surface area (Å²) >= 11 is 0. The molecule has 9 nitrogen and oxygen atoms in total. The van der Waals surface area contributed by atoms with E-state index in [1.165, 1.54) is 4.68 Å². The van der Waals surface area contributed by atoms with E-state index in [0.29, 0.717) is 24.2 Å². The van der Waals surface area contributed by atoms with E-state index in [1.54, 1.807) is 24.4 Å². The summed E-state index contributed by atoms with van der Waals surface area (Å²) in [6.45, 7) is 0.765. The summed E-state index contributed by atoms with van der Waals surface area (Å²) < 4.78 is 29.9. The largest absolute Gasteiger partial charge is 0.377 e. The Bertz CT molecular complexity index is 1030. The predicted molar refractivity (Wildman–Crippen MR) is 102 cm³/mol. The summed E-state index contributed by atoms with van der Waals surface area (Å²) in [7, 11) is 0.122. The molecular weight excluding hydrogens is 368 g/mol. The number of aromatic nitrogens is 3. The molecule has 0 radical (unpaired) electrons. The number of anilines is 1. The molecule has 2 aromatic carbocycles. The number of hydrogen-bond donors (Lipinski definition) is 2. The first-order valence-electron chi connectivity index (χ1n) is 8.32. The van der Waals surface area contributed by atoms with Gasteiger partial charge in [-0.2, -0.15) is 0 Å². The standard InChI is InChI=1S/C17H22N6O3S/c1-22(2)16-7-3-6-15-14(16)5-4-8-17(15)27(24,25)19-11-13-12-23(21-20-13)9-10-26-18/h3-8,12,19H,9-11,18H2,1-2H3. The van der Waals surface area contributed by atoms with E-state index in [9.17, 15) is 8.42 Å². The number of hydrogen-bond acceptors (Lipinski definition) is 7. The SMILES string of the molecule is CN(C)c1cccc2c(S(=O)(=O)NCc3cn(CCON)nn3)cccc12. The van der Waals surface area contributed by atoms with E-state index in [2.05, 4.69) is 19.9 Å². The lowest BCUT2D eigenvalue weighted by atomic mass is 10.1. The quantitative estimate of drug-likeness (QED) is 0.548. The number of nitrogens with zero attached hydrogens (tertiary/aromatic N) is 4. The number of rotatable bonds is 8. The molecule has 0 saturated carbocycles. The van der Waals surface area contributed by atoms with Crippen LogP contribution in [0.15, 0.2) is 47.5 Å². The van der Waals surface area contributed by atoms with E-state index < -0.39 is 10.0 Å². The lowest BCUT2D eigenvalue weighted by molar-refractivity contribution is 0.126. The van der Waals surface area contributed by atoms with Crippen molar-refractivity contribution in [2.24, 2.45) is 5.90 Å². The summed E-state index contributed by atoms with van der Waals surface area (Å²) in [5.74, 6) is 4.98. The van der Waals surface area contributed by atoms with Crippen LogP contribution in [0.1, 0.15) is 5.69 Å². The molecule has 1 aromatic heterocycles. The van der Waals surface area contributed by atoms with Gasteiger partial charge in [-0.3, -0.25) is 0 Å². The molecule has 0 aliphatic carbocycles. The van der Waals surface area contributed by atoms with E-state index in [-0.39, 0.29) is 11.4 Å². The van der Waals surface area contributed by atoms with E-state index in [0.717, 1.165) is 11.1 Å². The molecule has 0 amide bonds. The molecule has 0 saturated heterocycles. The van der Waals surface area contributed by atoms with Gasteiger partial charge in [-0.15, -0.1) is 5.10 Å². The van der Waals surface area contributed by atoms with E-state index >= 15 is 0 Å². The van der Waals surface area contributed by atoms with Gasteiger partial charge in [0, 0.05) is 36.8 Å². The van der Waals surface area contributed by atoms with Crippen LogP contribution in [0.5, 0.6) is 0 Å². The van der Waals surface area contributed by atoms with Crippen LogP contribution in [0.3, 0.4) is 0 Å². The van der Waals surface area contributed by atoms with Crippen LogP contribution in [0.25, 0.3) is 10.8 Å². The van der Waals surface area contributed by atoms with Gasteiger partial charge < -0.3 is 9.74 Å². The van der Waals surface area contributed by atoms with Gasteiger partial charge in [0.2, 0.25) is 10.0 Å². The minimum atomic E-state index is -3.73. The van der Waals surface area contributed by atoms with Crippen LogP contribution in [-0.4, -0.2) is 44.1 Å². The van der Waals surface area contributed by atoms with Gasteiger partial charge in [-0.1, -0.05) is 29.5 Å². The average molecular weight is 390 g/mol. The van der Waals surface area contributed by atoms with Gasteiger partial charge in [-0.25, -0.2) is 23.7 Å². The average Bonchev–Trinajstić information content (AvgIpc) is 3.11. The highest BCUT2D eigenvalue weighted by Gasteiger charge is 2.19. The van der Waals surface area contributed by atoms with Crippen molar-refractivity contribution in [3.8, 4) is 0 Å². The molecule has 1 heterocycles. The van der Waals surface area contributed by atoms with Crippen molar-refractivity contribution < 1.29 is 13.3 Å². The highest BCUT2D eigenvalue weighted by molar-refractivity contribution is 7.89. The maximum Gasteiger partial charge on any atom is 0.241 e. The second-order valence-electron chi connectivity index (χ2n) is 6.19. The van der Waals surface area contributed by atoms with Gasteiger partial charge in [0.05, 0.1) is 30.3 Å². The van der Waals surface area contributed by atoms with Crippen LogP contribution >= 0.6 is 0 Å². The zero-order chi connectivity index (χ0) is 19.4. The Hall–Kier alpha value is -2.53. The lowest BCUT2D eigenvalue weighted by Gasteiger charge is -2.17. The first-order valence-corrected chi connectivity index (χ1v) is 9.80. The maximum atomic E-state index is 12.9. The highest BCUT2D eigenvalue weighted by Crippen LogP contribution is 2.30. The van der Waals surface area contributed by atoms with Gasteiger partial charge in [0.25, 0.3) is 0 Å². The van der Waals surface area contributed by atoms with Crippen LogP contribution in [0, 0.1) is 0 Å². The van der Waals surface area contributed by atoms with E-state index in [1.807, 2.05) is 37.2 Å². The third kappa shape index (κ3) is 4.25. The van der Waals surface area contributed by atoms with Gasteiger partial charge in [0.1, 0.15) is 0 Å². The number of nitrogens with two attached hydrogens (primary N) is 1. The molecule has 144 valence electrons. The lowest BCUT2D eigenvalue weighted by Crippen LogP contribution is -2.23. The molecule has 27 heavy (non-hydrogen) atoms. The maximum absolute atomic E-state index is 12.9.